The van der Waals surface area contributed by atoms with Gasteiger partial charge in [-0.05, 0) is 37.8 Å². The first kappa shape index (κ1) is 13.9. The summed E-state index contributed by atoms with van der Waals surface area (Å²) in [6, 6.07) is 7.77. The van der Waals surface area contributed by atoms with Gasteiger partial charge in [-0.25, -0.2) is 0 Å². The minimum atomic E-state index is -0.768. The fourth-order valence-corrected chi connectivity index (χ4v) is 2.27. The first-order valence-electron chi connectivity index (χ1n) is 5.44. The van der Waals surface area contributed by atoms with Gasteiger partial charge in [-0.3, -0.25) is 0 Å². The lowest BCUT2D eigenvalue weighted by molar-refractivity contribution is 0.0997. The zero-order valence-corrected chi connectivity index (χ0v) is 11.3. The maximum Gasteiger partial charge on any atom is 0.101 e. The molecule has 0 heterocycles. The molecule has 2 N–H and O–H groups in total. The molecular weight excluding hydrogens is 232 g/mol. The zero-order chi connectivity index (χ0) is 12.9. The summed E-state index contributed by atoms with van der Waals surface area (Å²) in [5.74, 6) is 0.660. The molecule has 0 amide bonds. The zero-order valence-electron chi connectivity index (χ0n) is 10.4. The SMILES string of the molecule is CSCC(C)(O)CNc1cc(C)ccc1C#N. The number of aliphatic hydroxyl groups is 1. The molecular formula is C13H18N2OS. The molecule has 0 spiro atoms. The van der Waals surface area contributed by atoms with E-state index >= 15 is 0 Å². The van der Waals surface area contributed by atoms with E-state index in [-0.39, 0.29) is 0 Å². The van der Waals surface area contributed by atoms with Gasteiger partial charge in [0.25, 0.3) is 0 Å². The lowest BCUT2D eigenvalue weighted by Crippen LogP contribution is -2.36. The predicted molar refractivity (Wildman–Crippen MR) is 73.4 cm³/mol. The van der Waals surface area contributed by atoms with Crippen LogP contribution in [-0.2, 0) is 0 Å². The third kappa shape index (κ3) is 4.29. The normalized spacial score (nSPS) is 13.8. The van der Waals surface area contributed by atoms with Gasteiger partial charge in [0.05, 0.1) is 16.9 Å². The number of hydrogen-bond acceptors (Lipinski definition) is 4. The van der Waals surface area contributed by atoms with Crippen LogP contribution in [0.2, 0.25) is 0 Å². The van der Waals surface area contributed by atoms with Crippen LogP contribution in [0.15, 0.2) is 18.2 Å². The summed E-state index contributed by atoms with van der Waals surface area (Å²) >= 11 is 1.60. The predicted octanol–water partition coefficient (Wildman–Crippen LogP) is 2.39. The van der Waals surface area contributed by atoms with E-state index in [0.717, 1.165) is 11.3 Å². The molecule has 4 heteroatoms. The third-order valence-electron chi connectivity index (χ3n) is 2.41. The van der Waals surface area contributed by atoms with Crippen LogP contribution in [0.25, 0.3) is 0 Å². The number of thioether (sulfide) groups is 1. The molecule has 0 aliphatic carbocycles. The van der Waals surface area contributed by atoms with Gasteiger partial charge in [0.2, 0.25) is 0 Å². The van der Waals surface area contributed by atoms with E-state index in [0.29, 0.717) is 17.9 Å². The number of nitrogens with zero attached hydrogens (tertiary/aromatic N) is 1. The Balaban J connectivity index is 2.75. The molecule has 0 bridgehead atoms. The van der Waals surface area contributed by atoms with Crippen molar-refractivity contribution in [1.29, 1.82) is 5.26 Å². The largest absolute Gasteiger partial charge is 0.387 e. The van der Waals surface area contributed by atoms with E-state index in [1.807, 2.05) is 25.3 Å². The van der Waals surface area contributed by atoms with Gasteiger partial charge in [-0.1, -0.05) is 6.07 Å². The van der Waals surface area contributed by atoms with Crippen LogP contribution in [-0.4, -0.2) is 29.3 Å². The Labute approximate surface area is 107 Å². The highest BCUT2D eigenvalue weighted by molar-refractivity contribution is 7.98. The summed E-state index contributed by atoms with van der Waals surface area (Å²) in [7, 11) is 0. The highest BCUT2D eigenvalue weighted by Gasteiger charge is 2.19. The van der Waals surface area contributed by atoms with E-state index in [1.54, 1.807) is 24.8 Å². The maximum absolute atomic E-state index is 10.0. The molecule has 0 fully saturated rings. The Morgan fingerprint density at radius 2 is 2.24 bits per heavy atom. The molecule has 0 aliphatic rings. The topological polar surface area (TPSA) is 56.0 Å². The third-order valence-corrected chi connectivity index (χ3v) is 3.32. The molecule has 17 heavy (non-hydrogen) atoms. The van der Waals surface area contributed by atoms with Crippen LogP contribution >= 0.6 is 11.8 Å². The Hall–Kier alpha value is -1.18. The van der Waals surface area contributed by atoms with Crippen LogP contribution in [0.4, 0.5) is 5.69 Å². The van der Waals surface area contributed by atoms with Gasteiger partial charge in [0.1, 0.15) is 6.07 Å². The highest BCUT2D eigenvalue weighted by Crippen LogP contribution is 2.18. The minimum absolute atomic E-state index is 0.436. The molecule has 0 aliphatic heterocycles. The van der Waals surface area contributed by atoms with Crippen molar-refractivity contribution in [1.82, 2.24) is 0 Å². The number of rotatable bonds is 5. The maximum atomic E-state index is 10.0. The molecule has 0 saturated carbocycles. The van der Waals surface area contributed by atoms with E-state index in [4.69, 9.17) is 5.26 Å². The van der Waals surface area contributed by atoms with Crippen molar-refractivity contribution in [2.45, 2.75) is 19.4 Å². The second kappa shape index (κ2) is 5.95. The van der Waals surface area contributed by atoms with Gasteiger partial charge in [-0.15, -0.1) is 0 Å². The molecule has 1 aromatic carbocycles. The van der Waals surface area contributed by atoms with E-state index in [2.05, 4.69) is 11.4 Å². The van der Waals surface area contributed by atoms with Crippen molar-refractivity contribution in [3.05, 3.63) is 29.3 Å². The van der Waals surface area contributed by atoms with Gasteiger partial charge in [-0.2, -0.15) is 17.0 Å². The molecule has 1 rings (SSSR count). The second-order valence-corrected chi connectivity index (χ2v) is 5.31. The lowest BCUT2D eigenvalue weighted by Gasteiger charge is -2.23. The van der Waals surface area contributed by atoms with Crippen LogP contribution in [0.5, 0.6) is 0 Å². The fourth-order valence-electron chi connectivity index (χ4n) is 1.55. The van der Waals surface area contributed by atoms with Crippen LogP contribution in [0.3, 0.4) is 0 Å². The number of nitriles is 1. The number of nitrogens with one attached hydrogen (secondary N) is 1. The van der Waals surface area contributed by atoms with Crippen molar-refractivity contribution < 1.29 is 5.11 Å². The summed E-state index contributed by atoms with van der Waals surface area (Å²) in [5, 5.41) is 22.2. The number of aryl methyl sites for hydroxylation is 1. The Morgan fingerprint density at radius 3 is 2.82 bits per heavy atom. The second-order valence-electron chi connectivity index (χ2n) is 4.44. The Kier molecular flexibility index (Phi) is 4.86. The minimum Gasteiger partial charge on any atom is -0.387 e. The molecule has 0 radical (unpaired) electrons. The number of hydrogen-bond donors (Lipinski definition) is 2. The Morgan fingerprint density at radius 1 is 1.53 bits per heavy atom. The summed E-state index contributed by atoms with van der Waals surface area (Å²) in [4.78, 5) is 0. The summed E-state index contributed by atoms with van der Waals surface area (Å²) in [6.07, 6.45) is 1.96. The smallest absolute Gasteiger partial charge is 0.101 e. The Bertz CT molecular complexity index is 424. The first-order valence-corrected chi connectivity index (χ1v) is 6.84. The van der Waals surface area contributed by atoms with Crippen molar-refractivity contribution in [3.63, 3.8) is 0 Å². The molecule has 1 aromatic rings. The monoisotopic (exact) mass is 250 g/mol. The number of anilines is 1. The van der Waals surface area contributed by atoms with Gasteiger partial charge in [0.15, 0.2) is 0 Å². The molecule has 1 unspecified atom stereocenters. The van der Waals surface area contributed by atoms with Crippen LogP contribution in [0.1, 0.15) is 18.1 Å². The lowest BCUT2D eigenvalue weighted by atomic mass is 10.1. The van der Waals surface area contributed by atoms with E-state index in [9.17, 15) is 5.11 Å². The molecule has 1 atom stereocenters. The fraction of sp³-hybridized carbons (Fsp3) is 0.462. The molecule has 92 valence electrons. The van der Waals surface area contributed by atoms with Crippen molar-refractivity contribution in [2.24, 2.45) is 0 Å². The average Bonchev–Trinajstić information content (AvgIpc) is 2.27. The highest BCUT2D eigenvalue weighted by atomic mass is 32.2. The van der Waals surface area contributed by atoms with Crippen molar-refractivity contribution in [2.75, 3.05) is 23.9 Å². The summed E-state index contributed by atoms with van der Waals surface area (Å²) in [6.45, 7) is 4.21. The molecule has 0 saturated heterocycles. The van der Waals surface area contributed by atoms with Gasteiger partial charge in [0, 0.05) is 12.3 Å². The van der Waals surface area contributed by atoms with Crippen LogP contribution < -0.4 is 5.32 Å². The van der Waals surface area contributed by atoms with E-state index < -0.39 is 5.60 Å². The molecule has 0 aromatic heterocycles. The van der Waals surface area contributed by atoms with Gasteiger partial charge < -0.3 is 10.4 Å². The van der Waals surface area contributed by atoms with Crippen molar-refractivity contribution >= 4 is 17.4 Å². The molecule has 3 nitrogen and oxygen atoms in total. The first-order chi connectivity index (χ1) is 7.98. The standard InChI is InChI=1S/C13H18N2OS/c1-10-4-5-11(7-14)12(6-10)15-8-13(2,16)9-17-3/h4-6,15-16H,8-9H2,1-3H3. The van der Waals surface area contributed by atoms with E-state index in [1.165, 1.54) is 0 Å². The summed E-state index contributed by atoms with van der Waals surface area (Å²) < 4.78 is 0. The summed E-state index contributed by atoms with van der Waals surface area (Å²) in [5.41, 5.74) is 1.72. The average molecular weight is 250 g/mol. The number of benzene rings is 1. The quantitative estimate of drug-likeness (QED) is 0.842. The van der Waals surface area contributed by atoms with Crippen molar-refractivity contribution in [3.8, 4) is 6.07 Å². The van der Waals surface area contributed by atoms with Crippen LogP contribution in [0, 0.1) is 18.3 Å². The van der Waals surface area contributed by atoms with Gasteiger partial charge >= 0.3 is 0 Å².